The lowest BCUT2D eigenvalue weighted by Crippen LogP contribution is -2.23. The topological polar surface area (TPSA) is 52.9 Å². The zero-order chi connectivity index (χ0) is 13.9. The van der Waals surface area contributed by atoms with Crippen molar-refractivity contribution in [2.24, 2.45) is 5.92 Å². The third-order valence-electron chi connectivity index (χ3n) is 3.73. The quantitative estimate of drug-likeness (QED) is 0.904. The molecule has 20 heavy (non-hydrogen) atoms. The molecule has 0 heterocycles. The molecule has 0 saturated heterocycles. The minimum absolute atomic E-state index is 0.0103. The molecule has 1 aliphatic carbocycles. The van der Waals surface area contributed by atoms with Gasteiger partial charge in [0.1, 0.15) is 6.07 Å². The van der Waals surface area contributed by atoms with Crippen LogP contribution >= 0.6 is 0 Å². The minimum atomic E-state index is -0.0425. The van der Waals surface area contributed by atoms with Crippen molar-refractivity contribution < 1.29 is 4.79 Å². The Bertz CT molecular complexity index is 675. The van der Waals surface area contributed by atoms with Crippen LogP contribution in [0.3, 0.4) is 0 Å². The Morgan fingerprint density at radius 1 is 1.05 bits per heavy atom. The molecule has 0 atom stereocenters. The van der Waals surface area contributed by atoms with Gasteiger partial charge in [-0.3, -0.25) is 4.79 Å². The summed E-state index contributed by atoms with van der Waals surface area (Å²) in [6, 6.07) is 17.3. The number of nitrogens with zero attached hydrogens (tertiary/aromatic N) is 1. The molecule has 2 aromatic rings. The number of nitrogens with one attached hydrogen (secondary N) is 1. The van der Waals surface area contributed by atoms with Crippen molar-refractivity contribution in [1.29, 1.82) is 5.26 Å². The maximum absolute atomic E-state index is 12.3. The highest BCUT2D eigenvalue weighted by atomic mass is 16.1. The molecule has 2 aromatic carbocycles. The zero-order valence-corrected chi connectivity index (χ0v) is 11.0. The van der Waals surface area contributed by atoms with Crippen LogP contribution < -0.4 is 5.32 Å². The van der Waals surface area contributed by atoms with Gasteiger partial charge in [-0.25, -0.2) is 0 Å². The van der Waals surface area contributed by atoms with Crippen LogP contribution in [0.1, 0.15) is 16.7 Å². The molecule has 0 unspecified atom stereocenters. The molecule has 0 aliphatic heterocycles. The first-order valence-electron chi connectivity index (χ1n) is 6.64. The molecule has 1 aliphatic rings. The molecule has 0 saturated carbocycles. The van der Waals surface area contributed by atoms with E-state index in [9.17, 15) is 4.79 Å². The Balaban J connectivity index is 1.75. The average molecular weight is 262 g/mol. The summed E-state index contributed by atoms with van der Waals surface area (Å²) in [4.78, 5) is 12.3. The maximum Gasteiger partial charge on any atom is 0.228 e. The predicted molar refractivity (Wildman–Crippen MR) is 77.1 cm³/mol. The molecule has 1 amide bonds. The second-order valence-corrected chi connectivity index (χ2v) is 5.02. The zero-order valence-electron chi connectivity index (χ0n) is 11.0. The number of hydrogen-bond donors (Lipinski definition) is 1. The van der Waals surface area contributed by atoms with Crippen LogP contribution in [0.25, 0.3) is 0 Å². The van der Waals surface area contributed by atoms with Crippen molar-refractivity contribution in [3.63, 3.8) is 0 Å². The summed E-state index contributed by atoms with van der Waals surface area (Å²) >= 11 is 0. The largest absolute Gasteiger partial charge is 0.325 e. The summed E-state index contributed by atoms with van der Waals surface area (Å²) in [5.74, 6) is -0.0527. The second kappa shape index (κ2) is 5.18. The van der Waals surface area contributed by atoms with Crippen LogP contribution in [0.15, 0.2) is 48.5 Å². The van der Waals surface area contributed by atoms with Gasteiger partial charge in [0.25, 0.3) is 0 Å². The van der Waals surface area contributed by atoms with Gasteiger partial charge in [0.05, 0.1) is 11.3 Å². The van der Waals surface area contributed by atoms with E-state index < -0.39 is 0 Å². The van der Waals surface area contributed by atoms with Crippen molar-refractivity contribution in [3.8, 4) is 6.07 Å². The van der Waals surface area contributed by atoms with E-state index in [1.807, 2.05) is 18.2 Å². The third-order valence-corrected chi connectivity index (χ3v) is 3.73. The highest BCUT2D eigenvalue weighted by molar-refractivity contribution is 5.94. The van der Waals surface area contributed by atoms with Crippen LogP contribution in [0.2, 0.25) is 0 Å². The van der Waals surface area contributed by atoms with Gasteiger partial charge in [0.15, 0.2) is 0 Å². The van der Waals surface area contributed by atoms with Gasteiger partial charge in [0.2, 0.25) is 5.91 Å². The van der Waals surface area contributed by atoms with Crippen molar-refractivity contribution in [2.45, 2.75) is 12.8 Å². The van der Waals surface area contributed by atoms with Crippen molar-refractivity contribution in [1.82, 2.24) is 0 Å². The first kappa shape index (κ1) is 12.4. The van der Waals surface area contributed by atoms with Crippen molar-refractivity contribution >= 4 is 11.6 Å². The van der Waals surface area contributed by atoms with Gasteiger partial charge in [-0.15, -0.1) is 0 Å². The number of hydrogen-bond acceptors (Lipinski definition) is 2. The molecule has 98 valence electrons. The fourth-order valence-electron chi connectivity index (χ4n) is 2.67. The number of fused-ring (bicyclic) bond motifs is 1. The number of carbonyl (C=O) groups is 1. The number of nitriles is 1. The summed E-state index contributed by atoms with van der Waals surface area (Å²) in [7, 11) is 0. The number of amides is 1. The summed E-state index contributed by atoms with van der Waals surface area (Å²) in [5.41, 5.74) is 3.59. The molecule has 3 heteroatoms. The van der Waals surface area contributed by atoms with Gasteiger partial charge in [-0.05, 0) is 36.1 Å². The number of para-hydroxylation sites is 1. The second-order valence-electron chi connectivity index (χ2n) is 5.02. The van der Waals surface area contributed by atoms with E-state index >= 15 is 0 Å². The molecule has 0 radical (unpaired) electrons. The molecule has 0 aromatic heterocycles. The minimum Gasteiger partial charge on any atom is -0.325 e. The van der Waals surface area contributed by atoms with Crippen LogP contribution in [-0.4, -0.2) is 5.91 Å². The number of benzene rings is 2. The Morgan fingerprint density at radius 3 is 2.30 bits per heavy atom. The highest BCUT2D eigenvalue weighted by Gasteiger charge is 2.27. The van der Waals surface area contributed by atoms with Gasteiger partial charge >= 0.3 is 0 Å². The van der Waals surface area contributed by atoms with E-state index in [4.69, 9.17) is 5.26 Å². The van der Waals surface area contributed by atoms with E-state index in [2.05, 4.69) is 23.5 Å². The van der Waals surface area contributed by atoms with Crippen LogP contribution in [0.4, 0.5) is 5.69 Å². The lowest BCUT2D eigenvalue weighted by Gasteiger charge is -2.11. The van der Waals surface area contributed by atoms with E-state index in [1.165, 1.54) is 11.1 Å². The van der Waals surface area contributed by atoms with Crippen LogP contribution in [0.5, 0.6) is 0 Å². The van der Waals surface area contributed by atoms with E-state index in [0.717, 1.165) is 12.8 Å². The smallest absolute Gasteiger partial charge is 0.228 e. The fraction of sp³-hybridized carbons (Fsp3) is 0.176. The van der Waals surface area contributed by atoms with Crippen molar-refractivity contribution in [3.05, 3.63) is 65.2 Å². The highest BCUT2D eigenvalue weighted by Crippen LogP contribution is 2.27. The molecule has 3 nitrogen and oxygen atoms in total. The van der Waals surface area contributed by atoms with Gasteiger partial charge in [0, 0.05) is 5.92 Å². The summed E-state index contributed by atoms with van der Waals surface area (Å²) in [6.45, 7) is 0. The Morgan fingerprint density at radius 2 is 1.65 bits per heavy atom. The summed E-state index contributed by atoms with van der Waals surface area (Å²) in [6.07, 6.45) is 1.55. The Hall–Kier alpha value is -2.60. The predicted octanol–water partition coefficient (Wildman–Crippen LogP) is 2.91. The summed E-state index contributed by atoms with van der Waals surface area (Å²) in [5, 5.41) is 11.9. The fourth-order valence-corrected chi connectivity index (χ4v) is 2.67. The lowest BCUT2D eigenvalue weighted by molar-refractivity contribution is -0.119. The average Bonchev–Trinajstić information content (AvgIpc) is 2.92. The first-order chi connectivity index (χ1) is 9.78. The number of carbonyl (C=O) groups excluding carboxylic acids is 1. The monoisotopic (exact) mass is 262 g/mol. The maximum atomic E-state index is 12.3. The molecule has 1 N–H and O–H groups in total. The Kier molecular flexibility index (Phi) is 3.22. The van der Waals surface area contributed by atoms with E-state index in [1.54, 1.807) is 18.2 Å². The Labute approximate surface area is 117 Å². The van der Waals surface area contributed by atoms with Crippen LogP contribution in [-0.2, 0) is 17.6 Å². The molecule has 0 spiro atoms. The van der Waals surface area contributed by atoms with Gasteiger partial charge in [-0.1, -0.05) is 36.4 Å². The molecular formula is C17H14N2O. The van der Waals surface area contributed by atoms with Gasteiger partial charge in [-0.2, -0.15) is 5.26 Å². The summed E-state index contributed by atoms with van der Waals surface area (Å²) < 4.78 is 0. The number of rotatable bonds is 2. The van der Waals surface area contributed by atoms with E-state index in [0.29, 0.717) is 11.3 Å². The molecular weight excluding hydrogens is 248 g/mol. The lowest BCUT2D eigenvalue weighted by atomic mass is 10.1. The third kappa shape index (κ3) is 2.28. The molecule has 0 fully saturated rings. The van der Waals surface area contributed by atoms with E-state index in [-0.39, 0.29) is 11.8 Å². The standard InChI is InChI=1S/C17H14N2O/c18-11-14-7-3-4-8-16(14)19-17(20)15-9-12-5-1-2-6-13(12)10-15/h1-8,15H,9-10H2,(H,19,20). The molecule has 0 bridgehead atoms. The van der Waals surface area contributed by atoms with Gasteiger partial charge < -0.3 is 5.32 Å². The van der Waals surface area contributed by atoms with Crippen molar-refractivity contribution in [2.75, 3.05) is 5.32 Å². The number of anilines is 1. The van der Waals surface area contributed by atoms with Crippen LogP contribution in [0, 0.1) is 17.2 Å². The molecule has 3 rings (SSSR count). The first-order valence-corrected chi connectivity index (χ1v) is 6.64. The normalized spacial score (nSPS) is 13.6. The SMILES string of the molecule is N#Cc1ccccc1NC(=O)C1Cc2ccccc2C1.